The number of hydrogen-bond acceptors (Lipinski definition) is 6. The van der Waals surface area contributed by atoms with Crippen LogP contribution in [0.4, 0.5) is 5.13 Å². The van der Waals surface area contributed by atoms with Gasteiger partial charge >= 0.3 is 0 Å². The molecule has 2 saturated heterocycles. The monoisotopic (exact) mass is 268 g/mol. The number of ether oxygens (including phenoxy) is 1. The van der Waals surface area contributed by atoms with Crippen molar-refractivity contribution < 1.29 is 4.74 Å². The minimum atomic E-state index is 0.701. The number of methoxy groups -OCH3 is 1. The van der Waals surface area contributed by atoms with Crippen molar-refractivity contribution in [3.63, 3.8) is 0 Å². The molecule has 0 spiro atoms. The lowest BCUT2D eigenvalue weighted by Gasteiger charge is -2.17. The van der Waals surface area contributed by atoms with Crippen molar-refractivity contribution in [2.24, 2.45) is 11.8 Å². The highest BCUT2D eigenvalue weighted by Crippen LogP contribution is 2.33. The summed E-state index contributed by atoms with van der Waals surface area (Å²) in [5, 5.41) is 1.10. The summed E-state index contributed by atoms with van der Waals surface area (Å²) in [6.07, 6.45) is 0.816. The highest BCUT2D eigenvalue weighted by atomic mass is 32.1. The van der Waals surface area contributed by atoms with Gasteiger partial charge in [-0.05, 0) is 18.9 Å². The Hall–Kier alpha value is -0.720. The normalized spacial score (nSPS) is 28.0. The fourth-order valence-electron chi connectivity index (χ4n) is 3.05. The van der Waals surface area contributed by atoms with Gasteiger partial charge in [-0.25, -0.2) is 4.98 Å². The van der Waals surface area contributed by atoms with Crippen molar-refractivity contribution in [1.29, 1.82) is 0 Å². The SMILES string of the molecule is COCCc1nsc(N2CC3CN(C)CC3C2)n1. The Morgan fingerprint density at radius 3 is 2.67 bits per heavy atom. The Balaban J connectivity index is 1.61. The Morgan fingerprint density at radius 1 is 1.28 bits per heavy atom. The van der Waals surface area contributed by atoms with Gasteiger partial charge in [0.1, 0.15) is 5.82 Å². The molecule has 0 bridgehead atoms. The zero-order chi connectivity index (χ0) is 12.5. The van der Waals surface area contributed by atoms with Gasteiger partial charge in [-0.2, -0.15) is 4.37 Å². The first-order valence-electron chi connectivity index (χ1n) is 6.51. The number of nitrogens with zero attached hydrogens (tertiary/aromatic N) is 4. The predicted molar refractivity (Wildman–Crippen MR) is 72.2 cm³/mol. The van der Waals surface area contributed by atoms with Crippen LogP contribution in [0.3, 0.4) is 0 Å². The van der Waals surface area contributed by atoms with Crippen molar-refractivity contribution in [2.45, 2.75) is 6.42 Å². The van der Waals surface area contributed by atoms with Crippen LogP contribution >= 0.6 is 11.5 Å². The summed E-state index contributed by atoms with van der Waals surface area (Å²) in [6.45, 7) is 5.46. The third kappa shape index (κ3) is 2.37. The van der Waals surface area contributed by atoms with E-state index in [1.165, 1.54) is 24.6 Å². The van der Waals surface area contributed by atoms with Gasteiger partial charge in [-0.1, -0.05) is 0 Å². The highest BCUT2D eigenvalue weighted by Gasteiger charge is 2.39. The summed E-state index contributed by atoms with van der Waals surface area (Å²) in [5.41, 5.74) is 0. The lowest BCUT2D eigenvalue weighted by atomic mass is 10.0. The molecule has 5 nitrogen and oxygen atoms in total. The fraction of sp³-hybridized carbons (Fsp3) is 0.833. The lowest BCUT2D eigenvalue weighted by molar-refractivity contribution is 0.201. The molecule has 2 atom stereocenters. The third-order valence-corrected chi connectivity index (χ3v) is 4.74. The average molecular weight is 268 g/mol. The summed E-state index contributed by atoms with van der Waals surface area (Å²) < 4.78 is 9.46. The number of aromatic nitrogens is 2. The number of fused-ring (bicyclic) bond motifs is 1. The van der Waals surface area contributed by atoms with Gasteiger partial charge in [0.2, 0.25) is 5.13 Å². The Bertz CT molecular complexity index is 397. The van der Waals surface area contributed by atoms with E-state index in [-0.39, 0.29) is 0 Å². The molecule has 0 N–H and O–H groups in total. The molecule has 1 aromatic heterocycles. The second-order valence-electron chi connectivity index (χ2n) is 5.38. The molecule has 2 aliphatic heterocycles. The van der Waals surface area contributed by atoms with Gasteiger partial charge in [-0.3, -0.25) is 0 Å². The molecule has 6 heteroatoms. The van der Waals surface area contributed by atoms with Gasteiger partial charge in [0.05, 0.1) is 6.61 Å². The van der Waals surface area contributed by atoms with Crippen molar-refractivity contribution in [3.05, 3.63) is 5.82 Å². The zero-order valence-electron chi connectivity index (χ0n) is 11.0. The van der Waals surface area contributed by atoms with Crippen LogP contribution in [0.15, 0.2) is 0 Å². The highest BCUT2D eigenvalue weighted by molar-refractivity contribution is 7.09. The van der Waals surface area contributed by atoms with Gasteiger partial charge in [0, 0.05) is 51.2 Å². The Morgan fingerprint density at radius 2 is 2.00 bits per heavy atom. The van der Waals surface area contributed by atoms with Crippen LogP contribution in [-0.4, -0.2) is 61.2 Å². The quantitative estimate of drug-likeness (QED) is 0.805. The van der Waals surface area contributed by atoms with E-state index >= 15 is 0 Å². The first kappa shape index (κ1) is 12.3. The van der Waals surface area contributed by atoms with E-state index in [9.17, 15) is 0 Å². The topological polar surface area (TPSA) is 41.5 Å². The molecule has 100 valence electrons. The maximum absolute atomic E-state index is 5.06. The summed E-state index contributed by atoms with van der Waals surface area (Å²) in [4.78, 5) is 9.47. The molecule has 3 rings (SSSR count). The fourth-order valence-corrected chi connectivity index (χ4v) is 3.78. The molecule has 0 radical (unpaired) electrons. The summed E-state index contributed by atoms with van der Waals surface area (Å²) in [5.74, 6) is 2.56. The molecule has 2 fully saturated rings. The molecular formula is C12H20N4OS. The first-order chi connectivity index (χ1) is 8.76. The van der Waals surface area contributed by atoms with E-state index in [4.69, 9.17) is 4.74 Å². The van der Waals surface area contributed by atoms with Crippen LogP contribution in [0, 0.1) is 11.8 Å². The molecule has 2 aliphatic rings. The Labute approximate surface area is 112 Å². The van der Waals surface area contributed by atoms with E-state index in [0.717, 1.165) is 42.3 Å². The third-order valence-electron chi connectivity index (χ3n) is 3.93. The van der Waals surface area contributed by atoms with Crippen molar-refractivity contribution >= 4 is 16.7 Å². The van der Waals surface area contributed by atoms with Gasteiger partial charge < -0.3 is 14.5 Å². The first-order valence-corrected chi connectivity index (χ1v) is 7.28. The standard InChI is InChI=1S/C12H20N4OS/c1-15-5-9-7-16(8-10(9)6-15)12-13-11(14-18-12)3-4-17-2/h9-10H,3-8H2,1-2H3. The number of hydrogen-bond donors (Lipinski definition) is 0. The van der Waals surface area contributed by atoms with E-state index < -0.39 is 0 Å². The minimum Gasteiger partial charge on any atom is -0.384 e. The summed E-state index contributed by atoms with van der Waals surface area (Å²) in [7, 11) is 3.93. The van der Waals surface area contributed by atoms with Crippen LogP contribution in [0.5, 0.6) is 0 Å². The summed E-state index contributed by atoms with van der Waals surface area (Å²) in [6, 6.07) is 0. The van der Waals surface area contributed by atoms with Gasteiger partial charge in [-0.15, -0.1) is 0 Å². The van der Waals surface area contributed by atoms with E-state index in [2.05, 4.69) is 26.2 Å². The van der Waals surface area contributed by atoms with Gasteiger partial charge in [0.25, 0.3) is 0 Å². The lowest BCUT2D eigenvalue weighted by Crippen LogP contribution is -2.26. The van der Waals surface area contributed by atoms with Gasteiger partial charge in [0.15, 0.2) is 0 Å². The molecule has 2 unspecified atom stereocenters. The largest absolute Gasteiger partial charge is 0.384 e. The van der Waals surface area contributed by atoms with Crippen LogP contribution < -0.4 is 4.90 Å². The molecule has 18 heavy (non-hydrogen) atoms. The molecule has 0 aliphatic carbocycles. The Kier molecular flexibility index (Phi) is 3.50. The number of anilines is 1. The number of rotatable bonds is 4. The smallest absolute Gasteiger partial charge is 0.205 e. The zero-order valence-corrected chi connectivity index (χ0v) is 11.8. The van der Waals surface area contributed by atoms with E-state index in [0.29, 0.717) is 6.61 Å². The van der Waals surface area contributed by atoms with E-state index in [1.54, 1.807) is 7.11 Å². The second-order valence-corrected chi connectivity index (χ2v) is 6.11. The van der Waals surface area contributed by atoms with Crippen LogP contribution in [0.1, 0.15) is 5.82 Å². The molecular weight excluding hydrogens is 248 g/mol. The minimum absolute atomic E-state index is 0.701. The number of likely N-dealkylation sites (tertiary alicyclic amines) is 1. The molecule has 0 saturated carbocycles. The molecule has 1 aromatic rings. The van der Waals surface area contributed by atoms with Crippen molar-refractivity contribution in [3.8, 4) is 0 Å². The summed E-state index contributed by atoms with van der Waals surface area (Å²) >= 11 is 1.53. The second kappa shape index (κ2) is 5.11. The van der Waals surface area contributed by atoms with Crippen LogP contribution in [0.25, 0.3) is 0 Å². The maximum atomic E-state index is 5.06. The average Bonchev–Trinajstić information content (AvgIpc) is 2.99. The molecule has 3 heterocycles. The van der Waals surface area contributed by atoms with Crippen LogP contribution in [-0.2, 0) is 11.2 Å². The van der Waals surface area contributed by atoms with E-state index in [1.807, 2.05) is 0 Å². The van der Waals surface area contributed by atoms with Crippen molar-refractivity contribution in [1.82, 2.24) is 14.3 Å². The predicted octanol–water partition coefficient (Wildman–Crippen LogP) is 0.725. The molecule has 0 aromatic carbocycles. The maximum Gasteiger partial charge on any atom is 0.205 e. The van der Waals surface area contributed by atoms with Crippen molar-refractivity contribution in [2.75, 3.05) is 51.8 Å². The van der Waals surface area contributed by atoms with Crippen LogP contribution in [0.2, 0.25) is 0 Å². The molecule has 0 amide bonds.